The minimum Gasteiger partial charge on any atom is -0.348 e. The minimum absolute atomic E-state index is 0.186. The molecule has 0 saturated carbocycles. The van der Waals surface area contributed by atoms with Gasteiger partial charge in [-0.25, -0.2) is 4.98 Å². The van der Waals surface area contributed by atoms with Crippen molar-refractivity contribution >= 4 is 10.8 Å². The van der Waals surface area contributed by atoms with Gasteiger partial charge >= 0.3 is 0 Å². The molecule has 1 aromatic carbocycles. The molecule has 1 aliphatic heterocycles. The highest BCUT2D eigenvalue weighted by atomic mass is 15.0. The number of hydrogen-bond donors (Lipinski definition) is 2. The summed E-state index contributed by atoms with van der Waals surface area (Å²) in [6.07, 6.45) is 4.42. The van der Waals surface area contributed by atoms with Crippen LogP contribution in [0.5, 0.6) is 0 Å². The summed E-state index contributed by atoms with van der Waals surface area (Å²) in [6, 6.07) is 10.0. The van der Waals surface area contributed by atoms with Crippen molar-refractivity contribution in [3.05, 3.63) is 59.9 Å². The molecule has 4 nitrogen and oxygen atoms in total. The number of H-pyrrole nitrogens is 1. The van der Waals surface area contributed by atoms with Crippen molar-refractivity contribution in [2.24, 2.45) is 0 Å². The first-order valence-corrected chi connectivity index (χ1v) is 6.45. The molecule has 94 valence electrons. The zero-order valence-electron chi connectivity index (χ0n) is 11.4. The fraction of sp³-hybridized carbons (Fsp3) is 0.200. The van der Waals surface area contributed by atoms with E-state index >= 15 is 0 Å². The van der Waals surface area contributed by atoms with Crippen molar-refractivity contribution in [1.82, 2.24) is 20.3 Å². The largest absolute Gasteiger partial charge is 0.348 e. The first kappa shape index (κ1) is 9.69. The Balaban J connectivity index is 1.86. The smallest absolute Gasteiger partial charge is 0.123 e. The van der Waals surface area contributed by atoms with Crippen LogP contribution in [0.3, 0.4) is 0 Å². The number of imidazole rings is 1. The van der Waals surface area contributed by atoms with E-state index in [4.69, 9.17) is 1.41 Å². The fourth-order valence-electron chi connectivity index (χ4n) is 2.64. The first-order chi connectivity index (χ1) is 9.83. The van der Waals surface area contributed by atoms with Gasteiger partial charge in [0.15, 0.2) is 0 Å². The van der Waals surface area contributed by atoms with Crippen molar-refractivity contribution in [2.45, 2.75) is 12.5 Å². The summed E-state index contributed by atoms with van der Waals surface area (Å²) in [7, 11) is 0. The van der Waals surface area contributed by atoms with Gasteiger partial charge in [-0.15, -0.1) is 0 Å². The van der Waals surface area contributed by atoms with E-state index in [-0.39, 0.29) is 6.04 Å². The summed E-state index contributed by atoms with van der Waals surface area (Å²) >= 11 is 0. The van der Waals surface area contributed by atoms with Crippen LogP contribution in [-0.4, -0.2) is 21.5 Å². The maximum absolute atomic E-state index is 8.18. The van der Waals surface area contributed by atoms with Gasteiger partial charge in [-0.05, 0) is 11.5 Å². The Labute approximate surface area is 112 Å². The van der Waals surface area contributed by atoms with Crippen LogP contribution in [0, 0.1) is 0 Å². The molecule has 2 aromatic heterocycles. The van der Waals surface area contributed by atoms with Gasteiger partial charge < -0.3 is 10.3 Å². The topological polar surface area (TPSA) is 53.6 Å². The molecule has 0 aliphatic carbocycles. The van der Waals surface area contributed by atoms with E-state index in [9.17, 15) is 0 Å². The predicted molar refractivity (Wildman–Crippen MR) is 73.9 cm³/mol. The molecule has 0 bridgehead atoms. The predicted octanol–water partition coefficient (Wildman–Crippen LogP) is 2.19. The van der Waals surface area contributed by atoms with Gasteiger partial charge in [-0.1, -0.05) is 24.3 Å². The molecule has 0 unspecified atom stereocenters. The van der Waals surface area contributed by atoms with E-state index < -0.39 is 0 Å². The number of aromatic nitrogens is 3. The van der Waals surface area contributed by atoms with Crippen molar-refractivity contribution in [1.29, 1.82) is 0 Å². The van der Waals surface area contributed by atoms with Crippen molar-refractivity contribution in [2.75, 3.05) is 6.54 Å². The Hall–Kier alpha value is -2.20. The SMILES string of the molecule is [2H]N1CCc2[nH]cnc2[C@H]1c1cc2ccccc2cn1. The van der Waals surface area contributed by atoms with E-state index in [1.807, 2.05) is 24.4 Å². The van der Waals surface area contributed by atoms with E-state index in [2.05, 4.69) is 27.1 Å². The molecule has 4 heteroatoms. The van der Waals surface area contributed by atoms with Crippen LogP contribution in [-0.2, 0) is 6.42 Å². The number of hydrogen-bond acceptors (Lipinski definition) is 3. The number of benzene rings is 1. The van der Waals surface area contributed by atoms with E-state index in [0.717, 1.165) is 34.3 Å². The third kappa shape index (κ3) is 1.72. The molecule has 0 spiro atoms. The highest BCUT2D eigenvalue weighted by molar-refractivity contribution is 5.81. The standard InChI is InChI=1S/C15H14N4/c1-2-4-11-8-17-13(7-10(11)3-1)15-14-12(5-6-16-15)18-9-19-14/h1-4,7-9,15-16H,5-6H2,(H,18,19)/t15-/m1/s1/i/hD. The maximum Gasteiger partial charge on any atom is 0.123 e. The van der Waals surface area contributed by atoms with E-state index in [0.29, 0.717) is 6.54 Å². The number of pyridine rings is 1. The lowest BCUT2D eigenvalue weighted by Crippen LogP contribution is -2.31. The molecule has 0 saturated heterocycles. The van der Waals surface area contributed by atoms with Gasteiger partial charge in [0, 0.05) is 30.2 Å². The molecule has 4 rings (SSSR count). The molecule has 1 aliphatic rings. The highest BCUT2D eigenvalue weighted by Crippen LogP contribution is 2.26. The molecule has 0 fully saturated rings. The zero-order valence-corrected chi connectivity index (χ0v) is 10.4. The average molecular weight is 251 g/mol. The Bertz CT molecular complexity index is 767. The second-order valence-corrected chi connectivity index (χ2v) is 4.78. The van der Waals surface area contributed by atoms with Crippen molar-refractivity contribution in [3.8, 4) is 0 Å². The maximum atomic E-state index is 8.18. The van der Waals surface area contributed by atoms with Gasteiger partial charge in [0.05, 0.1) is 23.8 Å². The Kier molecular flexibility index (Phi) is 2.13. The van der Waals surface area contributed by atoms with E-state index in [1.54, 1.807) is 11.6 Å². The Morgan fingerprint density at radius 3 is 3.05 bits per heavy atom. The lowest BCUT2D eigenvalue weighted by atomic mass is 10.0. The molecular formula is C15H14N4. The molecule has 2 N–H and O–H groups in total. The molecular weight excluding hydrogens is 236 g/mol. The van der Waals surface area contributed by atoms with Crippen molar-refractivity contribution in [3.63, 3.8) is 0 Å². The van der Waals surface area contributed by atoms with Gasteiger partial charge in [0.2, 0.25) is 0 Å². The quantitative estimate of drug-likeness (QED) is 0.697. The first-order valence-electron chi connectivity index (χ1n) is 6.90. The Morgan fingerprint density at radius 1 is 1.21 bits per heavy atom. The fourth-order valence-corrected chi connectivity index (χ4v) is 2.64. The lowest BCUT2D eigenvalue weighted by molar-refractivity contribution is 0.543. The molecule has 1 atom stereocenters. The molecule has 0 amide bonds. The summed E-state index contributed by atoms with van der Waals surface area (Å²) in [6.45, 7) is 0.689. The molecule has 3 aromatic rings. The van der Waals surface area contributed by atoms with Crippen molar-refractivity contribution < 1.29 is 1.41 Å². The summed E-state index contributed by atoms with van der Waals surface area (Å²) in [5.41, 5.74) is 2.93. The third-order valence-electron chi connectivity index (χ3n) is 3.62. The van der Waals surface area contributed by atoms with Gasteiger partial charge in [-0.3, -0.25) is 4.98 Å². The average Bonchev–Trinajstić information content (AvgIpc) is 2.95. The van der Waals surface area contributed by atoms with Crippen LogP contribution >= 0.6 is 0 Å². The number of fused-ring (bicyclic) bond motifs is 2. The third-order valence-corrected chi connectivity index (χ3v) is 3.62. The Morgan fingerprint density at radius 2 is 2.11 bits per heavy atom. The van der Waals surface area contributed by atoms with E-state index in [1.165, 1.54) is 0 Å². The molecule has 19 heavy (non-hydrogen) atoms. The number of aromatic amines is 1. The van der Waals surface area contributed by atoms with Gasteiger partial charge in [0.25, 0.3) is 0 Å². The highest BCUT2D eigenvalue weighted by Gasteiger charge is 2.24. The lowest BCUT2D eigenvalue weighted by Gasteiger charge is -2.22. The van der Waals surface area contributed by atoms with Crippen LogP contribution in [0.1, 0.15) is 23.1 Å². The summed E-state index contributed by atoms with van der Waals surface area (Å²) in [5.74, 6) is 0. The molecule has 3 heterocycles. The van der Waals surface area contributed by atoms with Crippen LogP contribution in [0.2, 0.25) is 1.41 Å². The van der Waals surface area contributed by atoms with Gasteiger partial charge in [0.1, 0.15) is 1.41 Å². The summed E-state index contributed by atoms with van der Waals surface area (Å²) in [5, 5.41) is 3.83. The van der Waals surface area contributed by atoms with Crippen LogP contribution < -0.4 is 5.31 Å². The number of nitrogens with one attached hydrogen (secondary N) is 2. The monoisotopic (exact) mass is 251 g/mol. The normalized spacial score (nSPS) is 20.2. The number of nitrogens with zero attached hydrogens (tertiary/aromatic N) is 2. The minimum atomic E-state index is -0.186. The van der Waals surface area contributed by atoms with Crippen LogP contribution in [0.15, 0.2) is 42.9 Å². The molecule has 0 radical (unpaired) electrons. The summed E-state index contributed by atoms with van der Waals surface area (Å²) < 4.78 is 8.18. The second kappa shape index (κ2) is 4.17. The van der Waals surface area contributed by atoms with Gasteiger partial charge in [-0.2, -0.15) is 0 Å². The summed E-state index contributed by atoms with van der Waals surface area (Å²) in [4.78, 5) is 12.1. The van der Waals surface area contributed by atoms with Crippen LogP contribution in [0.25, 0.3) is 10.8 Å². The van der Waals surface area contributed by atoms with Crippen LogP contribution in [0.4, 0.5) is 0 Å². The number of rotatable bonds is 1. The zero-order chi connectivity index (χ0) is 13.5. The second-order valence-electron chi connectivity index (χ2n) is 4.78.